The summed E-state index contributed by atoms with van der Waals surface area (Å²) in [6, 6.07) is 7.90. The van der Waals surface area contributed by atoms with E-state index >= 15 is 0 Å². The number of hydrogen-bond donors (Lipinski definition) is 1. The van der Waals surface area contributed by atoms with E-state index in [9.17, 15) is 4.79 Å². The molecule has 0 heterocycles. The number of ether oxygens (including phenoxy) is 1. The van der Waals surface area contributed by atoms with Crippen molar-refractivity contribution in [3.05, 3.63) is 45.2 Å². The first kappa shape index (κ1) is 12.0. The minimum atomic E-state index is -0.418. The molecule has 0 fully saturated rings. The second-order valence-electron chi connectivity index (χ2n) is 3.01. The minimum Gasteiger partial charge on any atom is -0.466 e. The zero-order valence-corrected chi connectivity index (χ0v) is 10.5. The van der Waals surface area contributed by atoms with Crippen LogP contribution in [-0.2, 0) is 16.0 Å². The van der Waals surface area contributed by atoms with Crippen LogP contribution < -0.4 is 5.73 Å². The SMILES string of the molecule is COC(=O)/C=C(\N)Cc1ccccc1I. The zero-order chi connectivity index (χ0) is 11.3. The van der Waals surface area contributed by atoms with Gasteiger partial charge < -0.3 is 10.5 Å². The van der Waals surface area contributed by atoms with Crippen LogP contribution >= 0.6 is 22.6 Å². The van der Waals surface area contributed by atoms with Gasteiger partial charge in [-0.15, -0.1) is 0 Å². The lowest BCUT2D eigenvalue weighted by atomic mass is 10.1. The van der Waals surface area contributed by atoms with E-state index in [1.165, 1.54) is 13.2 Å². The number of allylic oxidation sites excluding steroid dienone is 1. The van der Waals surface area contributed by atoms with E-state index in [4.69, 9.17) is 5.73 Å². The summed E-state index contributed by atoms with van der Waals surface area (Å²) in [4.78, 5) is 10.9. The molecule has 4 heteroatoms. The van der Waals surface area contributed by atoms with Crippen LogP contribution in [0, 0.1) is 3.57 Å². The molecule has 0 aromatic heterocycles. The first-order chi connectivity index (χ1) is 7.13. The van der Waals surface area contributed by atoms with Gasteiger partial charge in [-0.05, 0) is 34.2 Å². The van der Waals surface area contributed by atoms with Gasteiger partial charge >= 0.3 is 5.97 Å². The van der Waals surface area contributed by atoms with E-state index in [1.54, 1.807) is 0 Å². The summed E-state index contributed by atoms with van der Waals surface area (Å²) in [5.74, 6) is -0.418. The van der Waals surface area contributed by atoms with Gasteiger partial charge in [0.25, 0.3) is 0 Å². The second kappa shape index (κ2) is 5.75. The van der Waals surface area contributed by atoms with E-state index in [1.807, 2.05) is 24.3 Å². The van der Waals surface area contributed by atoms with Gasteiger partial charge in [-0.1, -0.05) is 18.2 Å². The van der Waals surface area contributed by atoms with Crippen molar-refractivity contribution in [3.8, 4) is 0 Å². The van der Waals surface area contributed by atoms with Gasteiger partial charge in [-0.25, -0.2) is 4.79 Å². The summed E-state index contributed by atoms with van der Waals surface area (Å²) in [7, 11) is 1.33. The molecule has 0 aliphatic carbocycles. The van der Waals surface area contributed by atoms with Crippen molar-refractivity contribution < 1.29 is 9.53 Å². The summed E-state index contributed by atoms with van der Waals surface area (Å²) in [6.45, 7) is 0. The number of carbonyl (C=O) groups excluding carboxylic acids is 1. The third-order valence-corrected chi connectivity index (χ3v) is 2.91. The second-order valence-corrected chi connectivity index (χ2v) is 4.17. The lowest BCUT2D eigenvalue weighted by Crippen LogP contribution is -2.07. The average molecular weight is 317 g/mol. The van der Waals surface area contributed by atoms with Crippen molar-refractivity contribution in [2.24, 2.45) is 5.73 Å². The first-order valence-corrected chi connectivity index (χ1v) is 5.48. The number of carbonyl (C=O) groups is 1. The third-order valence-electron chi connectivity index (χ3n) is 1.86. The summed E-state index contributed by atoms with van der Waals surface area (Å²) < 4.78 is 5.63. The Morgan fingerprint density at radius 3 is 2.80 bits per heavy atom. The maximum atomic E-state index is 10.9. The predicted octanol–water partition coefficient (Wildman–Crippen LogP) is 1.85. The Balaban J connectivity index is 2.74. The van der Waals surface area contributed by atoms with Gasteiger partial charge in [-0.2, -0.15) is 0 Å². The molecule has 0 bridgehead atoms. The molecule has 0 saturated heterocycles. The largest absolute Gasteiger partial charge is 0.466 e. The number of esters is 1. The lowest BCUT2D eigenvalue weighted by Gasteiger charge is -2.04. The highest BCUT2D eigenvalue weighted by Gasteiger charge is 2.02. The molecule has 80 valence electrons. The van der Waals surface area contributed by atoms with Crippen LogP contribution in [0.25, 0.3) is 0 Å². The average Bonchev–Trinajstić information content (AvgIpc) is 2.21. The van der Waals surface area contributed by atoms with Gasteiger partial charge in [0.05, 0.1) is 7.11 Å². The number of hydrogen-bond acceptors (Lipinski definition) is 3. The molecule has 1 aromatic rings. The van der Waals surface area contributed by atoms with Crippen molar-refractivity contribution in [2.75, 3.05) is 7.11 Å². The van der Waals surface area contributed by atoms with Gasteiger partial charge in [0.15, 0.2) is 0 Å². The molecule has 0 unspecified atom stereocenters. The van der Waals surface area contributed by atoms with Gasteiger partial charge in [-0.3, -0.25) is 0 Å². The molecule has 3 nitrogen and oxygen atoms in total. The number of halogens is 1. The smallest absolute Gasteiger partial charge is 0.332 e. The van der Waals surface area contributed by atoms with Crippen molar-refractivity contribution in [2.45, 2.75) is 6.42 Å². The maximum Gasteiger partial charge on any atom is 0.332 e. The number of benzene rings is 1. The molecule has 0 amide bonds. The fraction of sp³-hybridized carbons (Fsp3) is 0.182. The number of rotatable bonds is 3. The fourth-order valence-electron chi connectivity index (χ4n) is 1.12. The minimum absolute atomic E-state index is 0.418. The van der Waals surface area contributed by atoms with Crippen molar-refractivity contribution in [1.29, 1.82) is 0 Å². The quantitative estimate of drug-likeness (QED) is 0.526. The molecule has 1 rings (SSSR count). The maximum absolute atomic E-state index is 10.9. The van der Waals surface area contributed by atoms with Crippen molar-refractivity contribution in [3.63, 3.8) is 0 Å². The Bertz CT molecular complexity index is 388. The van der Waals surface area contributed by atoms with Crippen LogP contribution in [-0.4, -0.2) is 13.1 Å². The molecular weight excluding hydrogens is 305 g/mol. The standard InChI is InChI=1S/C11H12INO2/c1-15-11(14)7-9(13)6-8-4-2-3-5-10(8)12/h2-5,7H,6,13H2,1H3/b9-7-. The predicted molar refractivity (Wildman–Crippen MR) is 67.1 cm³/mol. The van der Waals surface area contributed by atoms with Gasteiger partial charge in [0, 0.05) is 21.8 Å². The van der Waals surface area contributed by atoms with E-state index in [-0.39, 0.29) is 0 Å². The van der Waals surface area contributed by atoms with E-state index in [0.29, 0.717) is 12.1 Å². The molecule has 15 heavy (non-hydrogen) atoms. The first-order valence-electron chi connectivity index (χ1n) is 4.41. The number of nitrogens with two attached hydrogens (primary N) is 1. The zero-order valence-electron chi connectivity index (χ0n) is 8.37. The summed E-state index contributed by atoms with van der Waals surface area (Å²) in [6.07, 6.45) is 1.87. The van der Waals surface area contributed by atoms with Crippen molar-refractivity contribution in [1.82, 2.24) is 0 Å². The van der Waals surface area contributed by atoms with Crippen molar-refractivity contribution >= 4 is 28.6 Å². The highest BCUT2D eigenvalue weighted by Crippen LogP contribution is 2.13. The molecule has 1 aromatic carbocycles. The summed E-state index contributed by atoms with van der Waals surface area (Å²) >= 11 is 2.24. The lowest BCUT2D eigenvalue weighted by molar-refractivity contribution is -0.134. The molecule has 2 N–H and O–H groups in total. The highest BCUT2D eigenvalue weighted by molar-refractivity contribution is 14.1. The Labute approximate surface area is 102 Å². The van der Waals surface area contributed by atoms with Crippen LogP contribution in [0.5, 0.6) is 0 Å². The topological polar surface area (TPSA) is 52.3 Å². The number of methoxy groups -OCH3 is 1. The van der Waals surface area contributed by atoms with E-state index < -0.39 is 5.97 Å². The highest BCUT2D eigenvalue weighted by atomic mass is 127. The molecule has 0 aliphatic heterocycles. The third kappa shape index (κ3) is 3.91. The molecule has 0 aliphatic rings. The Hall–Kier alpha value is -1.04. The van der Waals surface area contributed by atoms with Crippen LogP contribution in [0.2, 0.25) is 0 Å². The molecule has 0 spiro atoms. The van der Waals surface area contributed by atoms with Crippen LogP contribution in [0.15, 0.2) is 36.0 Å². The molecule has 0 radical (unpaired) electrons. The van der Waals surface area contributed by atoms with E-state index in [2.05, 4.69) is 27.3 Å². The molecule has 0 saturated carbocycles. The molecular formula is C11H12INO2. The normalized spacial score (nSPS) is 11.2. The van der Waals surface area contributed by atoms with Gasteiger partial charge in [0.2, 0.25) is 0 Å². The Morgan fingerprint density at radius 2 is 2.20 bits per heavy atom. The van der Waals surface area contributed by atoms with Crippen LogP contribution in [0.4, 0.5) is 0 Å². The van der Waals surface area contributed by atoms with Gasteiger partial charge in [0.1, 0.15) is 0 Å². The Morgan fingerprint density at radius 1 is 1.53 bits per heavy atom. The monoisotopic (exact) mass is 317 g/mol. The van der Waals surface area contributed by atoms with Crippen LogP contribution in [0.3, 0.4) is 0 Å². The summed E-state index contributed by atoms with van der Waals surface area (Å²) in [5, 5.41) is 0. The molecule has 0 atom stereocenters. The van der Waals surface area contributed by atoms with E-state index in [0.717, 1.165) is 9.13 Å². The van der Waals surface area contributed by atoms with Crippen LogP contribution in [0.1, 0.15) is 5.56 Å². The fourth-order valence-corrected chi connectivity index (χ4v) is 1.70. The Kier molecular flexibility index (Phi) is 4.61. The summed E-state index contributed by atoms with van der Waals surface area (Å²) in [5.41, 5.74) is 7.32.